The molecular formula is C20H20N4O3S2. The normalized spacial score (nSPS) is 16.6. The van der Waals surface area contributed by atoms with Crippen molar-refractivity contribution in [1.82, 2.24) is 19.2 Å². The molecule has 0 fully saturated rings. The molecule has 0 bridgehead atoms. The van der Waals surface area contributed by atoms with Crippen LogP contribution in [0.25, 0.3) is 21.7 Å². The first-order chi connectivity index (χ1) is 14.0. The Kier molecular flexibility index (Phi) is 4.34. The minimum absolute atomic E-state index is 0.0893. The number of H-pyrrole nitrogens is 1. The molecule has 0 saturated carbocycles. The van der Waals surface area contributed by atoms with E-state index in [9.17, 15) is 4.79 Å². The molecule has 7 nitrogen and oxygen atoms in total. The summed E-state index contributed by atoms with van der Waals surface area (Å²) in [4.78, 5) is 15.6. The van der Waals surface area contributed by atoms with Crippen LogP contribution in [0.15, 0.2) is 29.1 Å². The Bertz CT molecular complexity index is 1340. The number of nitrogens with one attached hydrogen (secondary N) is 1. The first kappa shape index (κ1) is 18.5. The first-order valence-corrected chi connectivity index (χ1v) is 10.6. The van der Waals surface area contributed by atoms with Crippen molar-refractivity contribution in [3.05, 3.63) is 49.8 Å². The molecule has 150 valence electrons. The molecule has 5 rings (SSSR count). The molecule has 0 amide bonds. The van der Waals surface area contributed by atoms with Gasteiger partial charge in [-0.3, -0.25) is 4.79 Å². The Hall–Kier alpha value is -2.49. The van der Waals surface area contributed by atoms with Gasteiger partial charge in [0.15, 0.2) is 0 Å². The highest BCUT2D eigenvalue weighted by molar-refractivity contribution is 7.71. The Morgan fingerprint density at radius 3 is 2.79 bits per heavy atom. The van der Waals surface area contributed by atoms with Gasteiger partial charge in [-0.2, -0.15) is 0 Å². The van der Waals surface area contributed by atoms with E-state index in [-0.39, 0.29) is 11.7 Å². The molecule has 0 unspecified atom stereocenters. The molecule has 1 N–H and O–H groups in total. The first-order valence-electron chi connectivity index (χ1n) is 9.42. The monoisotopic (exact) mass is 428 g/mol. The maximum atomic E-state index is 13.7. The lowest BCUT2D eigenvalue weighted by Crippen LogP contribution is -2.28. The molecule has 9 heteroatoms. The van der Waals surface area contributed by atoms with E-state index >= 15 is 0 Å². The summed E-state index contributed by atoms with van der Waals surface area (Å²) < 4.78 is 15.2. The van der Waals surface area contributed by atoms with E-state index in [1.54, 1.807) is 23.0 Å². The largest absolute Gasteiger partial charge is 0.497 e. The van der Waals surface area contributed by atoms with Crippen molar-refractivity contribution in [1.29, 1.82) is 0 Å². The molecule has 4 heterocycles. The third-order valence-corrected chi connectivity index (χ3v) is 6.92. The fourth-order valence-electron chi connectivity index (χ4n) is 3.87. The van der Waals surface area contributed by atoms with Crippen molar-refractivity contribution >= 4 is 39.5 Å². The Labute approximate surface area is 175 Å². The minimum atomic E-state index is -0.0893. The second-order valence-electron chi connectivity index (χ2n) is 7.48. The summed E-state index contributed by atoms with van der Waals surface area (Å²) in [6.07, 6.45) is 0.823. The smallest absolute Gasteiger partial charge is 0.268 e. The van der Waals surface area contributed by atoms with Crippen molar-refractivity contribution in [3.8, 4) is 11.4 Å². The molecule has 3 aromatic heterocycles. The van der Waals surface area contributed by atoms with Crippen molar-refractivity contribution < 1.29 is 9.47 Å². The van der Waals surface area contributed by atoms with Crippen LogP contribution in [0.4, 0.5) is 0 Å². The zero-order chi connectivity index (χ0) is 20.3. The topological polar surface area (TPSA) is 73.5 Å². The van der Waals surface area contributed by atoms with Gasteiger partial charge in [0.2, 0.25) is 10.5 Å². The van der Waals surface area contributed by atoms with Crippen LogP contribution < -0.4 is 10.3 Å². The quantitative estimate of drug-likeness (QED) is 0.502. The van der Waals surface area contributed by atoms with Crippen LogP contribution in [0.2, 0.25) is 0 Å². The lowest BCUT2D eigenvalue weighted by molar-refractivity contribution is 0.00200. The third kappa shape index (κ3) is 2.76. The second kappa shape index (κ2) is 6.79. The van der Waals surface area contributed by atoms with Gasteiger partial charge in [0.05, 0.1) is 30.9 Å². The third-order valence-electron chi connectivity index (χ3n) is 5.45. The summed E-state index contributed by atoms with van der Waals surface area (Å²) in [6, 6.07) is 7.36. The number of ether oxygens (including phenoxy) is 2. The Balaban J connectivity index is 1.86. The van der Waals surface area contributed by atoms with Crippen LogP contribution >= 0.6 is 23.6 Å². The van der Waals surface area contributed by atoms with Gasteiger partial charge in [-0.25, -0.2) is 14.1 Å². The molecule has 1 atom stereocenters. The molecule has 4 aromatic rings. The number of aromatic amines is 1. The molecule has 0 spiro atoms. The summed E-state index contributed by atoms with van der Waals surface area (Å²) in [6.45, 7) is 4.81. The van der Waals surface area contributed by atoms with Crippen molar-refractivity contribution in [2.45, 2.75) is 33.0 Å². The van der Waals surface area contributed by atoms with Crippen LogP contribution in [0.5, 0.6) is 5.75 Å². The average molecular weight is 429 g/mol. The van der Waals surface area contributed by atoms with Crippen LogP contribution in [0.1, 0.15) is 24.3 Å². The number of methoxy groups -OCH3 is 1. The van der Waals surface area contributed by atoms with Crippen molar-refractivity contribution in [2.24, 2.45) is 5.92 Å². The fourth-order valence-corrected chi connectivity index (χ4v) is 5.39. The molecule has 1 aromatic carbocycles. The van der Waals surface area contributed by atoms with Gasteiger partial charge in [0.1, 0.15) is 10.6 Å². The summed E-state index contributed by atoms with van der Waals surface area (Å²) in [5.41, 5.74) is 1.70. The number of hydrogen-bond acceptors (Lipinski definition) is 6. The van der Waals surface area contributed by atoms with Gasteiger partial charge in [-0.05, 0) is 48.0 Å². The van der Waals surface area contributed by atoms with Crippen LogP contribution in [-0.2, 0) is 17.8 Å². The van der Waals surface area contributed by atoms with E-state index in [0.717, 1.165) is 27.4 Å². The van der Waals surface area contributed by atoms with Gasteiger partial charge in [-0.15, -0.1) is 16.4 Å². The summed E-state index contributed by atoms with van der Waals surface area (Å²) in [5, 5.41) is 7.90. The molecular weight excluding hydrogens is 408 g/mol. The predicted molar refractivity (Wildman–Crippen MR) is 115 cm³/mol. The van der Waals surface area contributed by atoms with Gasteiger partial charge >= 0.3 is 0 Å². The lowest BCUT2D eigenvalue weighted by Gasteiger charge is -2.26. The van der Waals surface area contributed by atoms with Crippen LogP contribution in [0, 0.1) is 10.7 Å². The Morgan fingerprint density at radius 2 is 2.10 bits per heavy atom. The number of benzene rings is 1. The molecule has 0 aliphatic carbocycles. The standard InChI is InChI=1S/C20H20N4O3S2/c1-10(2)14-8-13-15(9-27-14)29-18-16(13)17(25)23(19-21-22-20(28)24(18)19)11-4-6-12(26-3)7-5-11/h4-7,10,14H,8-9H2,1-3H3,(H,22,28)/t14-/m1/s1. The van der Waals surface area contributed by atoms with Gasteiger partial charge in [0.25, 0.3) is 5.56 Å². The van der Waals surface area contributed by atoms with E-state index in [1.807, 2.05) is 28.7 Å². The predicted octanol–water partition coefficient (Wildman–Crippen LogP) is 3.86. The van der Waals surface area contributed by atoms with Crippen molar-refractivity contribution in [2.75, 3.05) is 7.11 Å². The highest BCUT2D eigenvalue weighted by Gasteiger charge is 2.29. The number of fused-ring (bicyclic) bond motifs is 5. The molecule has 0 saturated heterocycles. The zero-order valence-corrected chi connectivity index (χ0v) is 17.9. The van der Waals surface area contributed by atoms with Gasteiger partial charge in [0, 0.05) is 11.3 Å². The average Bonchev–Trinajstić information content (AvgIpc) is 3.28. The van der Waals surface area contributed by atoms with E-state index in [2.05, 4.69) is 24.0 Å². The van der Waals surface area contributed by atoms with Gasteiger partial charge in [-0.1, -0.05) is 13.8 Å². The van der Waals surface area contributed by atoms with E-state index in [1.165, 1.54) is 0 Å². The van der Waals surface area contributed by atoms with Crippen LogP contribution in [-0.4, -0.2) is 32.4 Å². The van der Waals surface area contributed by atoms with E-state index < -0.39 is 0 Å². The molecule has 0 radical (unpaired) electrons. The summed E-state index contributed by atoms with van der Waals surface area (Å²) in [7, 11) is 1.61. The highest BCUT2D eigenvalue weighted by Crippen LogP contribution is 2.36. The fraction of sp³-hybridized carbons (Fsp3) is 0.350. The minimum Gasteiger partial charge on any atom is -0.497 e. The van der Waals surface area contributed by atoms with Crippen molar-refractivity contribution in [3.63, 3.8) is 0 Å². The van der Waals surface area contributed by atoms with Crippen LogP contribution in [0.3, 0.4) is 0 Å². The lowest BCUT2D eigenvalue weighted by atomic mass is 9.96. The Morgan fingerprint density at radius 1 is 1.34 bits per heavy atom. The number of hydrogen-bond donors (Lipinski definition) is 1. The second-order valence-corrected chi connectivity index (χ2v) is 8.95. The number of nitrogens with zero attached hydrogens (tertiary/aromatic N) is 3. The molecule has 1 aliphatic rings. The maximum absolute atomic E-state index is 13.7. The van der Waals surface area contributed by atoms with E-state index in [0.29, 0.717) is 34.1 Å². The maximum Gasteiger partial charge on any atom is 0.268 e. The summed E-state index contributed by atoms with van der Waals surface area (Å²) >= 11 is 7.06. The summed E-state index contributed by atoms with van der Waals surface area (Å²) in [5.74, 6) is 1.57. The highest BCUT2D eigenvalue weighted by atomic mass is 32.1. The zero-order valence-electron chi connectivity index (χ0n) is 16.3. The van der Waals surface area contributed by atoms with E-state index in [4.69, 9.17) is 21.7 Å². The number of thiophene rings is 1. The van der Waals surface area contributed by atoms with Gasteiger partial charge < -0.3 is 9.47 Å². The SMILES string of the molecule is COc1ccc(-n2c(=O)c3c4c(sc3n3c(=S)[nH]nc23)CO[C@@H](C(C)C)C4)cc1. The number of aromatic nitrogens is 4. The molecule has 1 aliphatic heterocycles. The molecule has 29 heavy (non-hydrogen) atoms. The number of rotatable bonds is 3.